The lowest BCUT2D eigenvalue weighted by Gasteiger charge is -2.24. The molecule has 102 valence electrons. The van der Waals surface area contributed by atoms with Gasteiger partial charge in [0.05, 0.1) is 13.1 Å². The van der Waals surface area contributed by atoms with E-state index in [0.717, 1.165) is 37.2 Å². The number of hydrogen-bond donors (Lipinski definition) is 1. The van der Waals surface area contributed by atoms with Crippen LogP contribution in [0.2, 0.25) is 0 Å². The summed E-state index contributed by atoms with van der Waals surface area (Å²) < 4.78 is 5.88. The first kappa shape index (κ1) is 13.6. The molecule has 0 radical (unpaired) electrons. The highest BCUT2D eigenvalue weighted by molar-refractivity contribution is 5.07. The predicted molar refractivity (Wildman–Crippen MR) is 74.4 cm³/mol. The zero-order valence-corrected chi connectivity index (χ0v) is 11.9. The third kappa shape index (κ3) is 4.14. The van der Waals surface area contributed by atoms with Crippen molar-refractivity contribution in [1.29, 1.82) is 0 Å². The van der Waals surface area contributed by atoms with E-state index in [1.807, 2.05) is 0 Å². The fourth-order valence-electron chi connectivity index (χ4n) is 2.14. The summed E-state index contributed by atoms with van der Waals surface area (Å²) in [6.07, 6.45) is 3.84. The molecule has 1 aromatic heterocycles. The molecule has 0 aromatic carbocycles. The molecule has 3 heteroatoms. The van der Waals surface area contributed by atoms with Gasteiger partial charge in [-0.25, -0.2) is 0 Å². The van der Waals surface area contributed by atoms with Gasteiger partial charge in [-0.1, -0.05) is 6.92 Å². The Bertz CT molecular complexity index is 355. The molecular weight excluding hydrogens is 224 g/mol. The van der Waals surface area contributed by atoms with Crippen molar-refractivity contribution in [3.05, 3.63) is 23.7 Å². The molecule has 1 aliphatic rings. The molecule has 2 rings (SSSR count). The van der Waals surface area contributed by atoms with E-state index in [2.05, 4.69) is 43.1 Å². The number of nitrogens with zero attached hydrogens (tertiary/aromatic N) is 1. The lowest BCUT2D eigenvalue weighted by molar-refractivity contribution is 0.195. The maximum Gasteiger partial charge on any atom is 0.118 e. The number of nitrogens with one attached hydrogen (secondary N) is 1. The van der Waals surface area contributed by atoms with Crippen LogP contribution in [0.3, 0.4) is 0 Å². The first-order valence-electron chi connectivity index (χ1n) is 7.24. The standard InChI is InChI=1S/C15H26N2O/c1-4-9-17(12(2)3)11-15-8-7-14(18-15)10-16-13-5-6-13/h7-8,12-13,16H,4-6,9-11H2,1-3H3. The van der Waals surface area contributed by atoms with Crippen molar-refractivity contribution in [3.63, 3.8) is 0 Å². The summed E-state index contributed by atoms with van der Waals surface area (Å²) in [5.41, 5.74) is 0. The second-order valence-corrected chi connectivity index (χ2v) is 5.59. The molecule has 0 amide bonds. The maximum atomic E-state index is 5.88. The first-order valence-corrected chi connectivity index (χ1v) is 7.24. The predicted octanol–water partition coefficient (Wildman–Crippen LogP) is 3.15. The highest BCUT2D eigenvalue weighted by Gasteiger charge is 2.20. The Morgan fingerprint density at radius 2 is 2.06 bits per heavy atom. The minimum atomic E-state index is 0.572. The van der Waals surface area contributed by atoms with Crippen molar-refractivity contribution < 1.29 is 4.42 Å². The van der Waals surface area contributed by atoms with E-state index in [9.17, 15) is 0 Å². The second-order valence-electron chi connectivity index (χ2n) is 5.59. The van der Waals surface area contributed by atoms with E-state index in [4.69, 9.17) is 4.42 Å². The molecule has 1 N–H and O–H groups in total. The summed E-state index contributed by atoms with van der Waals surface area (Å²) >= 11 is 0. The molecule has 0 spiro atoms. The molecule has 0 saturated heterocycles. The fourth-order valence-corrected chi connectivity index (χ4v) is 2.14. The van der Waals surface area contributed by atoms with Crippen LogP contribution in [0.5, 0.6) is 0 Å². The Morgan fingerprint density at radius 1 is 1.33 bits per heavy atom. The second kappa shape index (κ2) is 6.39. The maximum absolute atomic E-state index is 5.88. The van der Waals surface area contributed by atoms with Gasteiger partial charge in [-0.05, 0) is 51.8 Å². The van der Waals surface area contributed by atoms with Crippen molar-refractivity contribution in [1.82, 2.24) is 10.2 Å². The van der Waals surface area contributed by atoms with Gasteiger partial charge in [-0.15, -0.1) is 0 Å². The lowest BCUT2D eigenvalue weighted by Crippen LogP contribution is -2.30. The third-order valence-electron chi connectivity index (χ3n) is 3.46. The smallest absolute Gasteiger partial charge is 0.118 e. The van der Waals surface area contributed by atoms with Gasteiger partial charge in [0.25, 0.3) is 0 Å². The molecule has 1 aliphatic carbocycles. The van der Waals surface area contributed by atoms with E-state index in [-0.39, 0.29) is 0 Å². The van der Waals surface area contributed by atoms with Crippen LogP contribution < -0.4 is 5.32 Å². The van der Waals surface area contributed by atoms with Gasteiger partial charge in [0, 0.05) is 12.1 Å². The van der Waals surface area contributed by atoms with Crippen LogP contribution in [0.25, 0.3) is 0 Å². The first-order chi connectivity index (χ1) is 8.69. The van der Waals surface area contributed by atoms with E-state index in [1.165, 1.54) is 19.3 Å². The molecule has 1 saturated carbocycles. The van der Waals surface area contributed by atoms with Gasteiger partial charge in [0.2, 0.25) is 0 Å². The summed E-state index contributed by atoms with van der Waals surface area (Å²) in [5, 5.41) is 3.48. The Kier molecular flexibility index (Phi) is 4.84. The van der Waals surface area contributed by atoms with Crippen LogP contribution in [0.1, 0.15) is 51.6 Å². The van der Waals surface area contributed by atoms with Crippen LogP contribution in [-0.2, 0) is 13.1 Å². The summed E-state index contributed by atoms with van der Waals surface area (Å²) in [5.74, 6) is 2.15. The minimum absolute atomic E-state index is 0.572. The van der Waals surface area contributed by atoms with Gasteiger partial charge in [0.15, 0.2) is 0 Å². The fraction of sp³-hybridized carbons (Fsp3) is 0.733. The van der Waals surface area contributed by atoms with Crippen LogP contribution in [0, 0.1) is 0 Å². The normalized spacial score (nSPS) is 15.8. The molecule has 18 heavy (non-hydrogen) atoms. The van der Waals surface area contributed by atoms with Crippen LogP contribution in [-0.4, -0.2) is 23.5 Å². The summed E-state index contributed by atoms with van der Waals surface area (Å²) in [4.78, 5) is 2.46. The number of hydrogen-bond acceptors (Lipinski definition) is 3. The highest BCUT2D eigenvalue weighted by Crippen LogP contribution is 2.20. The molecule has 0 aliphatic heterocycles. The lowest BCUT2D eigenvalue weighted by atomic mass is 10.2. The molecule has 0 unspecified atom stereocenters. The average Bonchev–Trinajstić information content (AvgIpc) is 3.06. The van der Waals surface area contributed by atoms with Crippen LogP contribution in [0.4, 0.5) is 0 Å². The van der Waals surface area contributed by atoms with Crippen molar-refractivity contribution in [2.75, 3.05) is 6.54 Å². The summed E-state index contributed by atoms with van der Waals surface area (Å²) in [7, 11) is 0. The van der Waals surface area contributed by atoms with Crippen molar-refractivity contribution in [3.8, 4) is 0 Å². The zero-order valence-electron chi connectivity index (χ0n) is 11.9. The van der Waals surface area contributed by atoms with Gasteiger partial charge in [-0.2, -0.15) is 0 Å². The van der Waals surface area contributed by atoms with E-state index in [0.29, 0.717) is 6.04 Å². The van der Waals surface area contributed by atoms with Gasteiger partial charge in [-0.3, -0.25) is 4.90 Å². The molecule has 3 nitrogen and oxygen atoms in total. The zero-order chi connectivity index (χ0) is 13.0. The van der Waals surface area contributed by atoms with Gasteiger partial charge in [0.1, 0.15) is 11.5 Å². The molecule has 1 heterocycles. The van der Waals surface area contributed by atoms with Crippen LogP contribution >= 0.6 is 0 Å². The topological polar surface area (TPSA) is 28.4 Å². The largest absolute Gasteiger partial charge is 0.463 e. The Balaban J connectivity index is 1.83. The Hall–Kier alpha value is -0.800. The SMILES string of the molecule is CCCN(Cc1ccc(CNC2CC2)o1)C(C)C. The third-order valence-corrected chi connectivity index (χ3v) is 3.46. The highest BCUT2D eigenvalue weighted by atomic mass is 16.3. The molecule has 0 bridgehead atoms. The molecule has 1 aromatic rings. The van der Waals surface area contributed by atoms with Crippen LogP contribution in [0.15, 0.2) is 16.5 Å². The van der Waals surface area contributed by atoms with E-state index < -0.39 is 0 Å². The van der Waals surface area contributed by atoms with Crippen molar-refractivity contribution in [2.24, 2.45) is 0 Å². The average molecular weight is 250 g/mol. The number of rotatable bonds is 8. The van der Waals surface area contributed by atoms with E-state index >= 15 is 0 Å². The van der Waals surface area contributed by atoms with Crippen molar-refractivity contribution in [2.45, 2.75) is 65.2 Å². The summed E-state index contributed by atoms with van der Waals surface area (Å²) in [6, 6.07) is 5.54. The van der Waals surface area contributed by atoms with Gasteiger partial charge >= 0.3 is 0 Å². The monoisotopic (exact) mass is 250 g/mol. The molecule has 0 atom stereocenters. The van der Waals surface area contributed by atoms with E-state index in [1.54, 1.807) is 0 Å². The van der Waals surface area contributed by atoms with Gasteiger partial charge < -0.3 is 9.73 Å². The Morgan fingerprint density at radius 3 is 2.67 bits per heavy atom. The van der Waals surface area contributed by atoms with Crippen molar-refractivity contribution >= 4 is 0 Å². The number of furan rings is 1. The molecular formula is C15H26N2O. The quantitative estimate of drug-likeness (QED) is 0.768. The minimum Gasteiger partial charge on any atom is -0.463 e. The summed E-state index contributed by atoms with van der Waals surface area (Å²) in [6.45, 7) is 9.65. The molecule has 1 fully saturated rings. The Labute approximate surface area is 111 Å².